The standard InChI is InChI=1S/C14H20BrN3O2/c1-16-14(19)13-10-17-6-7-18(13)8-9-20-12-4-2-11(15)3-5-12/h2-5,13,17H,6-10H2,1H3,(H,16,19). The summed E-state index contributed by atoms with van der Waals surface area (Å²) in [5.41, 5.74) is 0. The van der Waals surface area contributed by atoms with E-state index in [1.54, 1.807) is 7.05 Å². The van der Waals surface area contributed by atoms with E-state index in [9.17, 15) is 4.79 Å². The predicted octanol–water partition coefficient (Wildman–Crippen LogP) is 0.848. The molecule has 0 aromatic heterocycles. The van der Waals surface area contributed by atoms with Crippen molar-refractivity contribution in [2.75, 3.05) is 39.8 Å². The minimum absolute atomic E-state index is 0.0563. The summed E-state index contributed by atoms with van der Waals surface area (Å²) < 4.78 is 6.74. The monoisotopic (exact) mass is 341 g/mol. The van der Waals surface area contributed by atoms with Gasteiger partial charge in [-0.15, -0.1) is 0 Å². The predicted molar refractivity (Wildman–Crippen MR) is 81.9 cm³/mol. The lowest BCUT2D eigenvalue weighted by molar-refractivity contribution is -0.126. The van der Waals surface area contributed by atoms with E-state index in [0.717, 1.165) is 29.9 Å². The molecule has 1 atom stereocenters. The summed E-state index contributed by atoms with van der Waals surface area (Å²) in [4.78, 5) is 14.0. The van der Waals surface area contributed by atoms with Crippen LogP contribution in [0, 0.1) is 0 Å². The minimum atomic E-state index is -0.109. The van der Waals surface area contributed by atoms with Gasteiger partial charge in [-0.2, -0.15) is 0 Å². The lowest BCUT2D eigenvalue weighted by atomic mass is 10.2. The summed E-state index contributed by atoms with van der Waals surface area (Å²) in [6, 6.07) is 7.65. The van der Waals surface area contributed by atoms with Crippen molar-refractivity contribution in [2.45, 2.75) is 6.04 Å². The molecular weight excluding hydrogens is 322 g/mol. The van der Waals surface area contributed by atoms with Crippen LogP contribution in [0.5, 0.6) is 5.75 Å². The Bertz CT molecular complexity index is 439. The third-order valence-electron chi connectivity index (χ3n) is 3.36. The van der Waals surface area contributed by atoms with E-state index in [1.807, 2.05) is 24.3 Å². The number of hydrogen-bond donors (Lipinski definition) is 2. The molecule has 1 aromatic rings. The molecule has 1 saturated heterocycles. The third kappa shape index (κ3) is 4.19. The molecule has 0 spiro atoms. The van der Waals surface area contributed by atoms with E-state index in [1.165, 1.54) is 0 Å². The molecule has 1 fully saturated rings. The molecule has 2 rings (SSSR count). The van der Waals surface area contributed by atoms with Crippen LogP contribution in [0.1, 0.15) is 0 Å². The number of benzene rings is 1. The lowest BCUT2D eigenvalue weighted by Crippen LogP contribution is -2.58. The van der Waals surface area contributed by atoms with Crippen molar-refractivity contribution in [2.24, 2.45) is 0 Å². The number of carbonyl (C=O) groups excluding carboxylic acids is 1. The molecule has 20 heavy (non-hydrogen) atoms. The van der Waals surface area contributed by atoms with E-state index < -0.39 is 0 Å². The number of rotatable bonds is 5. The van der Waals surface area contributed by atoms with Gasteiger partial charge >= 0.3 is 0 Å². The van der Waals surface area contributed by atoms with Crippen LogP contribution in [0.4, 0.5) is 0 Å². The van der Waals surface area contributed by atoms with E-state index in [4.69, 9.17) is 4.74 Å². The SMILES string of the molecule is CNC(=O)C1CNCCN1CCOc1ccc(Br)cc1. The number of nitrogens with zero attached hydrogens (tertiary/aromatic N) is 1. The maximum absolute atomic E-state index is 11.8. The molecule has 0 saturated carbocycles. The van der Waals surface area contributed by atoms with Gasteiger partial charge in [-0.3, -0.25) is 9.69 Å². The Labute approximate surface area is 127 Å². The molecule has 1 amide bonds. The molecule has 1 aliphatic rings. The largest absolute Gasteiger partial charge is 0.492 e. The van der Waals surface area contributed by atoms with E-state index in [-0.39, 0.29) is 11.9 Å². The Balaban J connectivity index is 1.82. The Morgan fingerprint density at radius 1 is 1.50 bits per heavy atom. The first-order chi connectivity index (χ1) is 9.70. The number of nitrogens with one attached hydrogen (secondary N) is 2. The molecule has 2 N–H and O–H groups in total. The lowest BCUT2D eigenvalue weighted by Gasteiger charge is -2.34. The van der Waals surface area contributed by atoms with Crippen molar-refractivity contribution in [3.8, 4) is 5.75 Å². The van der Waals surface area contributed by atoms with Gasteiger partial charge in [-0.05, 0) is 24.3 Å². The van der Waals surface area contributed by atoms with Gasteiger partial charge in [-0.1, -0.05) is 15.9 Å². The van der Waals surface area contributed by atoms with Crippen LogP contribution in [-0.4, -0.2) is 56.7 Å². The molecule has 1 heterocycles. The number of ether oxygens (including phenoxy) is 1. The highest BCUT2D eigenvalue weighted by Gasteiger charge is 2.27. The first-order valence-electron chi connectivity index (χ1n) is 6.75. The van der Waals surface area contributed by atoms with E-state index in [0.29, 0.717) is 13.2 Å². The van der Waals surface area contributed by atoms with Gasteiger partial charge in [-0.25, -0.2) is 0 Å². The summed E-state index contributed by atoms with van der Waals surface area (Å²) in [5, 5.41) is 5.96. The van der Waals surface area contributed by atoms with Gasteiger partial charge in [0.25, 0.3) is 0 Å². The summed E-state index contributed by atoms with van der Waals surface area (Å²) in [6.07, 6.45) is 0. The molecule has 1 unspecified atom stereocenters. The van der Waals surface area contributed by atoms with Crippen molar-refractivity contribution in [3.63, 3.8) is 0 Å². The number of amides is 1. The zero-order valence-electron chi connectivity index (χ0n) is 11.6. The highest BCUT2D eigenvalue weighted by Crippen LogP contribution is 2.16. The highest BCUT2D eigenvalue weighted by atomic mass is 79.9. The third-order valence-corrected chi connectivity index (χ3v) is 3.89. The van der Waals surface area contributed by atoms with E-state index in [2.05, 4.69) is 31.5 Å². The van der Waals surface area contributed by atoms with Crippen molar-refractivity contribution >= 4 is 21.8 Å². The normalized spacial score (nSPS) is 19.6. The Hall–Kier alpha value is -1.11. The van der Waals surface area contributed by atoms with Gasteiger partial charge in [0.2, 0.25) is 5.91 Å². The number of halogens is 1. The second-order valence-electron chi connectivity index (χ2n) is 4.67. The molecule has 0 radical (unpaired) electrons. The van der Waals surface area contributed by atoms with Crippen LogP contribution < -0.4 is 15.4 Å². The number of carbonyl (C=O) groups is 1. The topological polar surface area (TPSA) is 53.6 Å². The molecule has 0 aliphatic carbocycles. The number of likely N-dealkylation sites (N-methyl/N-ethyl adjacent to an activating group) is 1. The van der Waals surface area contributed by atoms with Gasteiger partial charge in [0.05, 0.1) is 0 Å². The maximum atomic E-state index is 11.8. The summed E-state index contributed by atoms with van der Waals surface area (Å²) in [6.45, 7) is 3.79. The van der Waals surface area contributed by atoms with Crippen molar-refractivity contribution < 1.29 is 9.53 Å². The zero-order chi connectivity index (χ0) is 14.4. The van der Waals surface area contributed by atoms with E-state index >= 15 is 0 Å². The van der Waals surface area contributed by atoms with Gasteiger partial charge in [0, 0.05) is 37.7 Å². The minimum Gasteiger partial charge on any atom is -0.492 e. The average molecular weight is 342 g/mol. The van der Waals surface area contributed by atoms with Crippen LogP contribution in [0.25, 0.3) is 0 Å². The molecule has 6 heteroatoms. The molecule has 110 valence electrons. The van der Waals surface area contributed by atoms with Crippen LogP contribution in [0.15, 0.2) is 28.7 Å². The Morgan fingerprint density at radius 3 is 2.95 bits per heavy atom. The van der Waals surface area contributed by atoms with Gasteiger partial charge in [0.1, 0.15) is 18.4 Å². The molecule has 0 bridgehead atoms. The Morgan fingerprint density at radius 2 is 2.25 bits per heavy atom. The summed E-state index contributed by atoms with van der Waals surface area (Å²) >= 11 is 3.39. The van der Waals surface area contributed by atoms with Crippen LogP contribution >= 0.6 is 15.9 Å². The fourth-order valence-electron chi connectivity index (χ4n) is 2.25. The Kier molecular flexibility index (Phi) is 5.82. The first-order valence-corrected chi connectivity index (χ1v) is 7.54. The number of hydrogen-bond acceptors (Lipinski definition) is 4. The fourth-order valence-corrected chi connectivity index (χ4v) is 2.52. The molecule has 5 nitrogen and oxygen atoms in total. The average Bonchev–Trinajstić information content (AvgIpc) is 2.49. The quantitative estimate of drug-likeness (QED) is 0.833. The molecule has 1 aliphatic heterocycles. The first kappa shape index (κ1) is 15.3. The van der Waals surface area contributed by atoms with Crippen LogP contribution in [0.2, 0.25) is 0 Å². The van der Waals surface area contributed by atoms with Crippen molar-refractivity contribution in [1.82, 2.24) is 15.5 Å². The van der Waals surface area contributed by atoms with Gasteiger partial charge < -0.3 is 15.4 Å². The second-order valence-corrected chi connectivity index (χ2v) is 5.59. The fraction of sp³-hybridized carbons (Fsp3) is 0.500. The second kappa shape index (κ2) is 7.61. The molecule has 1 aromatic carbocycles. The summed E-state index contributed by atoms with van der Waals surface area (Å²) in [7, 11) is 1.67. The van der Waals surface area contributed by atoms with Gasteiger partial charge in [0.15, 0.2) is 0 Å². The van der Waals surface area contributed by atoms with Crippen molar-refractivity contribution in [3.05, 3.63) is 28.7 Å². The summed E-state index contributed by atoms with van der Waals surface area (Å²) in [5.74, 6) is 0.903. The van der Waals surface area contributed by atoms with Crippen LogP contribution in [0.3, 0.4) is 0 Å². The zero-order valence-corrected chi connectivity index (χ0v) is 13.1. The van der Waals surface area contributed by atoms with Crippen LogP contribution in [-0.2, 0) is 4.79 Å². The number of piperazine rings is 1. The smallest absolute Gasteiger partial charge is 0.238 e. The molecular formula is C14H20BrN3O2. The highest BCUT2D eigenvalue weighted by molar-refractivity contribution is 9.10. The maximum Gasteiger partial charge on any atom is 0.238 e. The van der Waals surface area contributed by atoms with Crippen molar-refractivity contribution in [1.29, 1.82) is 0 Å².